The minimum atomic E-state index is -2.63. The number of hydrogen-bond donors (Lipinski definition) is 2. The minimum Gasteiger partial charge on any atom is -0.386 e. The van der Waals surface area contributed by atoms with Crippen molar-refractivity contribution >= 4 is 17.4 Å². The Balaban J connectivity index is 1.70. The van der Waals surface area contributed by atoms with Crippen molar-refractivity contribution < 1.29 is 18.3 Å². The molecule has 1 heterocycles. The molecule has 0 radical (unpaired) electrons. The van der Waals surface area contributed by atoms with Gasteiger partial charge in [-0.1, -0.05) is 12.1 Å². The van der Waals surface area contributed by atoms with E-state index in [4.69, 9.17) is 10.5 Å². The third kappa shape index (κ3) is 4.15. The molecule has 0 bridgehead atoms. The Kier molecular flexibility index (Phi) is 4.77. The second kappa shape index (κ2) is 6.71. The second-order valence-corrected chi connectivity index (χ2v) is 7.07. The fourth-order valence-corrected chi connectivity index (χ4v) is 3.36. The first-order valence-electron chi connectivity index (χ1n) is 8.49. The Labute approximate surface area is 145 Å². The quantitative estimate of drug-likeness (QED) is 0.879. The number of nitrogens with zero attached hydrogens (tertiary/aromatic N) is 1. The van der Waals surface area contributed by atoms with E-state index in [1.807, 2.05) is 25.1 Å². The number of benzene rings is 1. The number of nitrogens with two attached hydrogens (primary N) is 1. The van der Waals surface area contributed by atoms with E-state index in [2.05, 4.69) is 10.3 Å². The van der Waals surface area contributed by atoms with Crippen LogP contribution >= 0.6 is 0 Å². The zero-order valence-electron chi connectivity index (χ0n) is 14.2. The van der Waals surface area contributed by atoms with Crippen LogP contribution in [-0.2, 0) is 15.1 Å². The monoisotopic (exact) mass is 351 g/mol. The molecule has 25 heavy (non-hydrogen) atoms. The van der Waals surface area contributed by atoms with Crippen molar-refractivity contribution in [2.24, 2.45) is 16.6 Å². The number of aliphatic imine (C=N–C) groups is 1. The SMILES string of the molecule is CC1(c2cccc(NC(=O)C3CCC(F)(F)CC3)c2)COCC(N)=N1. The van der Waals surface area contributed by atoms with Crippen LogP contribution in [0.4, 0.5) is 14.5 Å². The number of rotatable bonds is 3. The van der Waals surface area contributed by atoms with Crippen LogP contribution in [0.5, 0.6) is 0 Å². The molecule has 1 saturated carbocycles. The first-order chi connectivity index (χ1) is 11.8. The molecular formula is C18H23F2N3O2. The van der Waals surface area contributed by atoms with Gasteiger partial charge in [0.2, 0.25) is 11.8 Å². The van der Waals surface area contributed by atoms with Crippen molar-refractivity contribution in [3.05, 3.63) is 29.8 Å². The van der Waals surface area contributed by atoms with Gasteiger partial charge in [-0.05, 0) is 37.5 Å². The molecule has 1 amide bonds. The van der Waals surface area contributed by atoms with Gasteiger partial charge in [-0.2, -0.15) is 0 Å². The molecule has 136 valence electrons. The number of halogens is 2. The summed E-state index contributed by atoms with van der Waals surface area (Å²) >= 11 is 0. The maximum atomic E-state index is 13.2. The minimum absolute atomic E-state index is 0.208. The first kappa shape index (κ1) is 17.8. The summed E-state index contributed by atoms with van der Waals surface area (Å²) < 4.78 is 31.9. The number of nitrogens with one attached hydrogen (secondary N) is 1. The van der Waals surface area contributed by atoms with Crippen molar-refractivity contribution in [3.63, 3.8) is 0 Å². The maximum Gasteiger partial charge on any atom is 0.248 e. The summed E-state index contributed by atoms with van der Waals surface area (Å²) in [6.07, 6.45) is -0.0289. The van der Waals surface area contributed by atoms with Crippen LogP contribution in [-0.4, -0.2) is 30.9 Å². The largest absolute Gasteiger partial charge is 0.386 e. The zero-order chi connectivity index (χ0) is 18.1. The first-order valence-corrected chi connectivity index (χ1v) is 8.49. The predicted octanol–water partition coefficient (Wildman–Crippen LogP) is 3.05. The highest BCUT2D eigenvalue weighted by atomic mass is 19.3. The molecule has 0 aromatic heterocycles. The maximum absolute atomic E-state index is 13.2. The number of amidine groups is 1. The fourth-order valence-electron chi connectivity index (χ4n) is 3.36. The van der Waals surface area contributed by atoms with E-state index < -0.39 is 11.5 Å². The van der Waals surface area contributed by atoms with E-state index in [1.54, 1.807) is 6.07 Å². The highest BCUT2D eigenvalue weighted by molar-refractivity contribution is 5.92. The highest BCUT2D eigenvalue weighted by Crippen LogP contribution is 2.37. The van der Waals surface area contributed by atoms with Crippen molar-refractivity contribution in [2.75, 3.05) is 18.5 Å². The Morgan fingerprint density at radius 3 is 2.76 bits per heavy atom. The van der Waals surface area contributed by atoms with Gasteiger partial charge in [0.1, 0.15) is 18.0 Å². The zero-order valence-corrected chi connectivity index (χ0v) is 14.2. The van der Waals surface area contributed by atoms with E-state index in [0.29, 0.717) is 24.7 Å². The molecule has 0 saturated heterocycles. The average molecular weight is 351 g/mol. The number of hydrogen-bond acceptors (Lipinski definition) is 4. The summed E-state index contributed by atoms with van der Waals surface area (Å²) in [6, 6.07) is 7.34. The Morgan fingerprint density at radius 1 is 1.36 bits per heavy atom. The third-order valence-corrected chi connectivity index (χ3v) is 4.86. The molecule has 1 aromatic carbocycles. The normalized spacial score (nSPS) is 26.8. The van der Waals surface area contributed by atoms with E-state index in [-0.39, 0.29) is 37.5 Å². The Morgan fingerprint density at radius 2 is 2.08 bits per heavy atom. The highest BCUT2D eigenvalue weighted by Gasteiger charge is 2.37. The van der Waals surface area contributed by atoms with Crippen molar-refractivity contribution in [3.8, 4) is 0 Å². The van der Waals surface area contributed by atoms with Gasteiger partial charge in [0, 0.05) is 24.4 Å². The van der Waals surface area contributed by atoms with Gasteiger partial charge in [-0.15, -0.1) is 0 Å². The lowest BCUT2D eigenvalue weighted by atomic mass is 9.86. The summed E-state index contributed by atoms with van der Waals surface area (Å²) in [5, 5.41) is 2.84. The van der Waals surface area contributed by atoms with Gasteiger partial charge in [0.25, 0.3) is 0 Å². The summed E-state index contributed by atoms with van der Waals surface area (Å²) in [5.74, 6) is -2.78. The summed E-state index contributed by atoms with van der Waals surface area (Å²) in [4.78, 5) is 16.9. The van der Waals surface area contributed by atoms with Gasteiger partial charge in [0.15, 0.2) is 0 Å². The lowest BCUT2D eigenvalue weighted by molar-refractivity contribution is -0.124. The van der Waals surface area contributed by atoms with Crippen LogP contribution in [0.25, 0.3) is 0 Å². The number of amides is 1. The predicted molar refractivity (Wildman–Crippen MR) is 91.8 cm³/mol. The second-order valence-electron chi connectivity index (χ2n) is 7.07. The molecule has 1 aliphatic carbocycles. The number of ether oxygens (including phenoxy) is 1. The van der Waals surface area contributed by atoms with E-state index in [0.717, 1.165) is 5.56 Å². The van der Waals surface area contributed by atoms with Crippen LogP contribution in [0.2, 0.25) is 0 Å². The standard InChI is InChI=1S/C18H23F2N3O2/c1-17(11-25-10-15(21)23-17)13-3-2-4-14(9-13)22-16(24)12-5-7-18(19,20)8-6-12/h2-4,9,12H,5-8,10-11H2,1H3,(H2,21,23)(H,22,24). The van der Waals surface area contributed by atoms with Crippen LogP contribution in [0, 0.1) is 5.92 Å². The molecule has 3 rings (SSSR count). The molecule has 1 fully saturated rings. The lowest BCUT2D eigenvalue weighted by Crippen LogP contribution is -2.37. The number of alkyl halides is 2. The third-order valence-electron chi connectivity index (χ3n) is 4.86. The van der Waals surface area contributed by atoms with Crippen molar-refractivity contribution in [2.45, 2.75) is 44.1 Å². The van der Waals surface area contributed by atoms with E-state index in [9.17, 15) is 13.6 Å². The van der Waals surface area contributed by atoms with Crippen molar-refractivity contribution in [1.29, 1.82) is 0 Å². The van der Waals surface area contributed by atoms with Crippen molar-refractivity contribution in [1.82, 2.24) is 0 Å². The summed E-state index contributed by atoms with van der Waals surface area (Å²) in [7, 11) is 0. The molecule has 0 spiro atoms. The number of carbonyl (C=O) groups excluding carboxylic acids is 1. The number of anilines is 1. The Hall–Kier alpha value is -2.02. The molecule has 2 aliphatic rings. The summed E-state index contributed by atoms with van der Waals surface area (Å²) in [6.45, 7) is 2.64. The molecule has 5 nitrogen and oxygen atoms in total. The van der Waals surface area contributed by atoms with Crippen LogP contribution in [0.15, 0.2) is 29.3 Å². The molecule has 1 aromatic rings. The Bertz CT molecular complexity index is 683. The van der Waals surface area contributed by atoms with Gasteiger partial charge in [0.05, 0.1) is 6.61 Å². The van der Waals surface area contributed by atoms with Crippen LogP contribution < -0.4 is 11.1 Å². The molecule has 3 N–H and O–H groups in total. The smallest absolute Gasteiger partial charge is 0.248 e. The molecule has 1 aliphatic heterocycles. The number of carbonyl (C=O) groups is 1. The lowest BCUT2D eigenvalue weighted by Gasteiger charge is -2.30. The molecule has 7 heteroatoms. The van der Waals surface area contributed by atoms with Gasteiger partial charge >= 0.3 is 0 Å². The van der Waals surface area contributed by atoms with Crippen LogP contribution in [0.1, 0.15) is 38.2 Å². The molecular weight excluding hydrogens is 328 g/mol. The topological polar surface area (TPSA) is 76.7 Å². The van der Waals surface area contributed by atoms with Gasteiger partial charge in [-0.3, -0.25) is 9.79 Å². The fraction of sp³-hybridized carbons (Fsp3) is 0.556. The van der Waals surface area contributed by atoms with E-state index in [1.165, 1.54) is 0 Å². The molecule has 1 unspecified atom stereocenters. The van der Waals surface area contributed by atoms with Gasteiger partial charge in [-0.25, -0.2) is 8.78 Å². The van der Waals surface area contributed by atoms with Gasteiger partial charge < -0.3 is 15.8 Å². The molecule has 1 atom stereocenters. The van der Waals surface area contributed by atoms with E-state index >= 15 is 0 Å². The summed E-state index contributed by atoms with van der Waals surface area (Å²) in [5.41, 5.74) is 6.68. The van der Waals surface area contributed by atoms with Crippen LogP contribution in [0.3, 0.4) is 0 Å². The average Bonchev–Trinajstić information content (AvgIpc) is 2.55.